The van der Waals surface area contributed by atoms with Crippen molar-refractivity contribution in [1.82, 2.24) is 9.78 Å². The van der Waals surface area contributed by atoms with Crippen LogP contribution in [0.2, 0.25) is 0 Å². The smallest absolute Gasteiger partial charge is 0.266 e. The molecule has 2 heterocycles. The number of anilines is 2. The number of nitriles is 1. The van der Waals surface area contributed by atoms with Crippen molar-refractivity contribution in [2.75, 3.05) is 4.90 Å². The van der Waals surface area contributed by atoms with Gasteiger partial charge in [0.15, 0.2) is 0 Å². The maximum Gasteiger partial charge on any atom is 0.266 e. The summed E-state index contributed by atoms with van der Waals surface area (Å²) in [5.41, 5.74) is 2.72. The average molecular weight is 398 g/mol. The number of benzene rings is 2. The first-order valence-electron chi connectivity index (χ1n) is 9.21. The maximum absolute atomic E-state index is 13.8. The summed E-state index contributed by atoms with van der Waals surface area (Å²) in [5.74, 6) is -0.158. The number of nitrogens with zero attached hydrogens (tertiary/aromatic N) is 4. The van der Waals surface area contributed by atoms with Crippen LogP contribution in [0.3, 0.4) is 0 Å². The van der Waals surface area contributed by atoms with Crippen molar-refractivity contribution in [3.05, 3.63) is 89.9 Å². The maximum atomic E-state index is 13.8. The van der Waals surface area contributed by atoms with Crippen molar-refractivity contribution in [3.8, 4) is 16.6 Å². The Morgan fingerprint density at radius 1 is 1.00 bits per heavy atom. The predicted octanol–water partition coefficient (Wildman–Crippen LogP) is 5.50. The Bertz CT molecular complexity index is 1090. The van der Waals surface area contributed by atoms with E-state index < -0.39 is 0 Å². The lowest BCUT2D eigenvalue weighted by molar-refractivity contribution is 0.1000. The average Bonchev–Trinajstić information content (AvgIpc) is 3.44. The molecule has 0 aliphatic rings. The monoisotopic (exact) mass is 398 g/mol. The first-order chi connectivity index (χ1) is 14.3. The number of hydrogen-bond acceptors (Lipinski definition) is 4. The fourth-order valence-corrected chi connectivity index (χ4v) is 3.83. The first kappa shape index (κ1) is 18.7. The molecule has 5 nitrogen and oxygen atoms in total. The summed E-state index contributed by atoms with van der Waals surface area (Å²) in [6.07, 6.45) is 2.08. The second kappa shape index (κ2) is 8.55. The highest BCUT2D eigenvalue weighted by Gasteiger charge is 2.25. The molecule has 2 aromatic carbocycles. The molecule has 0 aliphatic carbocycles. The summed E-state index contributed by atoms with van der Waals surface area (Å²) < 4.78 is 1.68. The quantitative estimate of drug-likeness (QED) is 0.431. The van der Waals surface area contributed by atoms with Gasteiger partial charge < -0.3 is 0 Å². The Kier molecular flexibility index (Phi) is 5.50. The van der Waals surface area contributed by atoms with E-state index in [4.69, 9.17) is 5.26 Å². The number of hydrogen-bond donors (Lipinski definition) is 0. The lowest BCUT2D eigenvalue weighted by Gasteiger charge is -2.23. The van der Waals surface area contributed by atoms with Gasteiger partial charge in [0, 0.05) is 17.6 Å². The Hall–Kier alpha value is -3.69. The molecule has 29 heavy (non-hydrogen) atoms. The van der Waals surface area contributed by atoms with E-state index in [1.807, 2.05) is 78.2 Å². The van der Waals surface area contributed by atoms with Crippen molar-refractivity contribution in [1.29, 1.82) is 5.26 Å². The van der Waals surface area contributed by atoms with Crippen molar-refractivity contribution in [2.45, 2.75) is 13.0 Å². The zero-order valence-corrected chi connectivity index (χ0v) is 16.4. The molecule has 0 unspecified atom stereocenters. The molecule has 0 saturated heterocycles. The second-order valence-electron chi connectivity index (χ2n) is 6.35. The van der Waals surface area contributed by atoms with E-state index in [0.717, 1.165) is 16.3 Å². The minimum atomic E-state index is -0.158. The first-order valence-corrected chi connectivity index (χ1v) is 10.1. The van der Waals surface area contributed by atoms with Gasteiger partial charge in [0.05, 0.1) is 29.5 Å². The number of carbonyl (C=O) groups is 1. The Labute approximate surface area is 173 Å². The van der Waals surface area contributed by atoms with E-state index in [9.17, 15) is 4.79 Å². The van der Waals surface area contributed by atoms with Gasteiger partial charge >= 0.3 is 0 Å². The van der Waals surface area contributed by atoms with Crippen LogP contribution in [0.25, 0.3) is 10.6 Å². The summed E-state index contributed by atoms with van der Waals surface area (Å²) in [4.78, 5) is 16.4. The van der Waals surface area contributed by atoms with E-state index >= 15 is 0 Å². The topological polar surface area (TPSA) is 61.9 Å². The number of para-hydroxylation sites is 2. The van der Waals surface area contributed by atoms with Crippen LogP contribution in [0.4, 0.5) is 11.4 Å². The molecule has 142 valence electrons. The fraction of sp³-hybridized carbons (Fsp3) is 0.0870. The van der Waals surface area contributed by atoms with Gasteiger partial charge in [0.1, 0.15) is 5.69 Å². The van der Waals surface area contributed by atoms with Crippen LogP contribution in [0, 0.1) is 11.3 Å². The minimum Gasteiger partial charge on any atom is -0.277 e. The molecule has 4 rings (SSSR count). The number of aryl methyl sites for hydroxylation is 1. The molecule has 0 fully saturated rings. The molecule has 1 amide bonds. The van der Waals surface area contributed by atoms with Crippen LogP contribution >= 0.6 is 11.3 Å². The summed E-state index contributed by atoms with van der Waals surface area (Å²) in [6, 6.07) is 25.2. The summed E-state index contributed by atoms with van der Waals surface area (Å²) >= 11 is 1.54. The van der Waals surface area contributed by atoms with Gasteiger partial charge in [-0.15, -0.1) is 11.3 Å². The van der Waals surface area contributed by atoms with Gasteiger partial charge in [0.25, 0.3) is 5.91 Å². The molecule has 6 heteroatoms. The van der Waals surface area contributed by atoms with Gasteiger partial charge in [0.2, 0.25) is 0 Å². The van der Waals surface area contributed by atoms with Crippen LogP contribution in [-0.4, -0.2) is 15.7 Å². The van der Waals surface area contributed by atoms with Crippen LogP contribution < -0.4 is 4.90 Å². The second-order valence-corrected chi connectivity index (χ2v) is 7.30. The molecular weight excluding hydrogens is 380 g/mol. The third-order valence-corrected chi connectivity index (χ3v) is 5.31. The molecular formula is C23H18N4OS. The lowest BCUT2D eigenvalue weighted by Crippen LogP contribution is -2.26. The van der Waals surface area contributed by atoms with Crippen LogP contribution in [0.5, 0.6) is 0 Å². The third-order valence-electron chi connectivity index (χ3n) is 4.43. The van der Waals surface area contributed by atoms with E-state index in [1.165, 1.54) is 11.3 Å². The van der Waals surface area contributed by atoms with E-state index in [0.29, 0.717) is 24.2 Å². The molecule has 0 atom stereocenters. The molecule has 0 spiro atoms. The van der Waals surface area contributed by atoms with Gasteiger partial charge in [-0.3, -0.25) is 14.4 Å². The zero-order chi connectivity index (χ0) is 20.1. The number of thiophene rings is 1. The molecule has 0 saturated carbocycles. The van der Waals surface area contributed by atoms with Gasteiger partial charge in [-0.2, -0.15) is 10.4 Å². The molecule has 0 bridgehead atoms. The molecule has 4 aromatic rings. The van der Waals surface area contributed by atoms with Gasteiger partial charge in [-0.05, 0) is 35.7 Å². The zero-order valence-electron chi connectivity index (χ0n) is 15.6. The van der Waals surface area contributed by atoms with Crippen molar-refractivity contribution < 1.29 is 4.79 Å². The highest BCUT2D eigenvalue weighted by Crippen LogP contribution is 2.32. The van der Waals surface area contributed by atoms with Crippen molar-refractivity contribution >= 4 is 28.6 Å². The van der Waals surface area contributed by atoms with Crippen LogP contribution in [0.1, 0.15) is 16.8 Å². The van der Waals surface area contributed by atoms with Gasteiger partial charge in [-0.25, -0.2) is 0 Å². The van der Waals surface area contributed by atoms with E-state index in [-0.39, 0.29) is 5.91 Å². The van der Waals surface area contributed by atoms with Gasteiger partial charge in [-0.1, -0.05) is 42.5 Å². The van der Waals surface area contributed by atoms with Crippen molar-refractivity contribution in [3.63, 3.8) is 0 Å². The highest BCUT2D eigenvalue weighted by atomic mass is 32.1. The molecule has 2 aromatic heterocycles. The van der Waals surface area contributed by atoms with Crippen LogP contribution in [-0.2, 0) is 6.54 Å². The third kappa shape index (κ3) is 3.96. The predicted molar refractivity (Wildman–Crippen MR) is 115 cm³/mol. The number of carbonyl (C=O) groups excluding carboxylic acids is 1. The number of rotatable bonds is 6. The summed E-state index contributed by atoms with van der Waals surface area (Å²) in [6.45, 7) is 0.443. The molecule has 0 aliphatic heterocycles. The molecule has 0 N–H and O–H groups in total. The number of amides is 1. The van der Waals surface area contributed by atoms with E-state index in [1.54, 1.807) is 15.8 Å². The Morgan fingerprint density at radius 3 is 2.21 bits per heavy atom. The Morgan fingerprint density at radius 2 is 1.66 bits per heavy atom. The van der Waals surface area contributed by atoms with Crippen LogP contribution in [0.15, 0.2) is 84.4 Å². The SMILES string of the molecule is N#CCCn1cc(C(=O)N(c2ccccc2)c2ccccc2)c(-c2cccs2)n1. The highest BCUT2D eigenvalue weighted by molar-refractivity contribution is 7.13. The normalized spacial score (nSPS) is 10.4. The van der Waals surface area contributed by atoms with Crippen molar-refractivity contribution in [2.24, 2.45) is 0 Å². The minimum absolute atomic E-state index is 0.158. The van der Waals surface area contributed by atoms with E-state index in [2.05, 4.69) is 11.2 Å². The Balaban J connectivity index is 1.82. The number of aromatic nitrogens is 2. The standard InChI is InChI=1S/C23H18N4OS/c24-14-8-15-26-17-20(22(25-26)21-13-7-16-29-21)23(28)27(18-9-3-1-4-10-18)19-11-5-2-6-12-19/h1-7,9-13,16-17H,8,15H2. The summed E-state index contributed by atoms with van der Waals surface area (Å²) in [7, 11) is 0. The lowest BCUT2D eigenvalue weighted by atomic mass is 10.1. The fourth-order valence-electron chi connectivity index (χ4n) is 3.11. The molecule has 0 radical (unpaired) electrons. The summed E-state index contributed by atoms with van der Waals surface area (Å²) in [5, 5.41) is 15.5. The largest absolute Gasteiger partial charge is 0.277 e.